The lowest BCUT2D eigenvalue weighted by Gasteiger charge is -2.15. The Bertz CT molecular complexity index is 1390. The average Bonchev–Trinajstić information content (AvgIpc) is 3.57. The van der Waals surface area contributed by atoms with Gasteiger partial charge in [-0.1, -0.05) is 36.4 Å². The summed E-state index contributed by atoms with van der Waals surface area (Å²) in [5.74, 6) is -1.18. The molecule has 1 aliphatic rings. The van der Waals surface area contributed by atoms with E-state index in [-0.39, 0.29) is 12.5 Å². The molecule has 34 heavy (non-hydrogen) atoms. The smallest absolute Gasteiger partial charge is 0.292 e. The molecule has 3 heterocycles. The van der Waals surface area contributed by atoms with Crippen molar-refractivity contribution in [2.24, 2.45) is 0 Å². The van der Waals surface area contributed by atoms with Crippen LogP contribution in [-0.2, 0) is 22.7 Å². The molecule has 2 aromatic carbocycles. The Labute approximate surface area is 197 Å². The first-order chi connectivity index (χ1) is 16.5. The van der Waals surface area contributed by atoms with E-state index in [1.807, 2.05) is 54.3 Å². The fraction of sp³-hybridized carbons (Fsp3) is 0.296. The van der Waals surface area contributed by atoms with E-state index < -0.39 is 11.7 Å². The highest BCUT2D eigenvalue weighted by Gasteiger charge is 2.24. The van der Waals surface area contributed by atoms with Crippen LogP contribution in [0.25, 0.3) is 21.8 Å². The van der Waals surface area contributed by atoms with E-state index in [1.54, 1.807) is 10.8 Å². The van der Waals surface area contributed by atoms with Crippen LogP contribution < -0.4 is 5.32 Å². The third-order valence-electron chi connectivity index (χ3n) is 6.64. The Kier molecular flexibility index (Phi) is 5.92. The molecular formula is C27H28N4O3. The molecule has 1 saturated heterocycles. The van der Waals surface area contributed by atoms with Crippen molar-refractivity contribution in [3.63, 3.8) is 0 Å². The number of fused-ring (bicyclic) bond motifs is 2. The number of carbonyl (C=O) groups excluding carboxylic acids is 3. The molecule has 5 rings (SSSR count). The van der Waals surface area contributed by atoms with Gasteiger partial charge in [-0.25, -0.2) is 0 Å². The van der Waals surface area contributed by atoms with Gasteiger partial charge in [-0.2, -0.15) is 0 Å². The van der Waals surface area contributed by atoms with E-state index in [1.165, 1.54) is 0 Å². The van der Waals surface area contributed by atoms with Gasteiger partial charge in [0.1, 0.15) is 6.54 Å². The van der Waals surface area contributed by atoms with Crippen LogP contribution in [0, 0.1) is 6.92 Å². The van der Waals surface area contributed by atoms with Gasteiger partial charge in [0.05, 0.1) is 5.56 Å². The van der Waals surface area contributed by atoms with Gasteiger partial charge in [0, 0.05) is 54.5 Å². The standard InChI is InChI=1S/C27H28N4O3/c1-19-16-20-8-2-4-10-23(20)31(19)15-12-28-27(34)26(33)22-17-30(24-11-5-3-9-21(22)24)18-25(32)29-13-6-7-14-29/h2-5,8-11,16-17H,6-7,12-15,18H2,1H3,(H,28,34). The van der Waals surface area contributed by atoms with Gasteiger partial charge in [0.25, 0.3) is 11.7 Å². The number of amides is 2. The lowest BCUT2D eigenvalue weighted by atomic mass is 10.1. The number of hydrogen-bond acceptors (Lipinski definition) is 3. The van der Waals surface area contributed by atoms with E-state index in [9.17, 15) is 14.4 Å². The van der Waals surface area contributed by atoms with Crippen molar-refractivity contribution in [3.05, 3.63) is 72.1 Å². The molecule has 7 heteroatoms. The second kappa shape index (κ2) is 9.17. The first-order valence-corrected chi connectivity index (χ1v) is 11.8. The first kappa shape index (κ1) is 21.9. The van der Waals surface area contributed by atoms with Gasteiger partial charge in [0.15, 0.2) is 0 Å². The Hall–Kier alpha value is -3.87. The Morgan fingerprint density at radius 1 is 0.941 bits per heavy atom. The molecule has 4 aromatic rings. The number of para-hydroxylation sites is 2. The Balaban J connectivity index is 1.30. The van der Waals surface area contributed by atoms with Crippen molar-refractivity contribution in [1.29, 1.82) is 0 Å². The highest BCUT2D eigenvalue weighted by atomic mass is 16.2. The maximum absolute atomic E-state index is 13.1. The largest absolute Gasteiger partial charge is 0.347 e. The summed E-state index contributed by atoms with van der Waals surface area (Å²) in [7, 11) is 0. The molecule has 0 spiro atoms. The SMILES string of the molecule is Cc1cc2ccccc2n1CCNC(=O)C(=O)c1cn(CC(=O)N2CCCC2)c2ccccc12. The van der Waals surface area contributed by atoms with E-state index in [0.717, 1.165) is 48.0 Å². The Morgan fingerprint density at radius 3 is 2.44 bits per heavy atom. The maximum Gasteiger partial charge on any atom is 0.292 e. The number of nitrogens with one attached hydrogen (secondary N) is 1. The highest BCUT2D eigenvalue weighted by Crippen LogP contribution is 2.23. The monoisotopic (exact) mass is 456 g/mol. The van der Waals surface area contributed by atoms with Crippen LogP contribution in [0.5, 0.6) is 0 Å². The summed E-state index contributed by atoms with van der Waals surface area (Å²) in [5, 5.41) is 4.61. The van der Waals surface area contributed by atoms with Crippen LogP contribution in [0.4, 0.5) is 0 Å². The number of Topliss-reactive ketones (excluding diaryl/α,β-unsaturated/α-hetero) is 1. The molecule has 1 fully saturated rings. The summed E-state index contributed by atoms with van der Waals surface area (Å²) in [6.45, 7) is 4.67. The summed E-state index contributed by atoms with van der Waals surface area (Å²) in [6, 6.07) is 17.6. The molecule has 0 unspecified atom stereocenters. The predicted molar refractivity (Wildman–Crippen MR) is 132 cm³/mol. The van der Waals surface area contributed by atoms with Crippen molar-refractivity contribution in [2.45, 2.75) is 32.9 Å². The second-order valence-corrected chi connectivity index (χ2v) is 8.86. The minimum absolute atomic E-state index is 0.0380. The number of ketones is 1. The van der Waals surface area contributed by atoms with Gasteiger partial charge >= 0.3 is 0 Å². The van der Waals surface area contributed by atoms with Crippen molar-refractivity contribution in [2.75, 3.05) is 19.6 Å². The minimum atomic E-state index is -0.636. The van der Waals surface area contributed by atoms with Gasteiger partial charge < -0.3 is 19.4 Å². The third kappa shape index (κ3) is 4.09. The number of carbonyl (C=O) groups is 3. The topological polar surface area (TPSA) is 76.3 Å². The molecule has 7 nitrogen and oxygen atoms in total. The predicted octanol–water partition coefficient (Wildman–Crippen LogP) is 3.53. The van der Waals surface area contributed by atoms with E-state index in [4.69, 9.17) is 0 Å². The zero-order valence-electron chi connectivity index (χ0n) is 19.3. The molecule has 1 aliphatic heterocycles. The fourth-order valence-electron chi connectivity index (χ4n) is 4.90. The summed E-state index contributed by atoms with van der Waals surface area (Å²) < 4.78 is 3.92. The number of aryl methyl sites for hydroxylation is 1. The summed E-state index contributed by atoms with van der Waals surface area (Å²) in [6.07, 6.45) is 3.70. The van der Waals surface area contributed by atoms with E-state index >= 15 is 0 Å². The summed E-state index contributed by atoms with van der Waals surface area (Å²) in [5.41, 5.74) is 3.31. The van der Waals surface area contributed by atoms with Crippen LogP contribution in [0.2, 0.25) is 0 Å². The van der Waals surface area contributed by atoms with Gasteiger partial charge in [-0.15, -0.1) is 0 Å². The summed E-state index contributed by atoms with van der Waals surface area (Å²) >= 11 is 0. The highest BCUT2D eigenvalue weighted by molar-refractivity contribution is 6.45. The molecule has 1 N–H and O–H groups in total. The zero-order chi connectivity index (χ0) is 23.7. The fourth-order valence-corrected chi connectivity index (χ4v) is 4.90. The van der Waals surface area contributed by atoms with Crippen molar-refractivity contribution in [3.8, 4) is 0 Å². The van der Waals surface area contributed by atoms with Crippen molar-refractivity contribution in [1.82, 2.24) is 19.4 Å². The van der Waals surface area contributed by atoms with Crippen LogP contribution in [0.1, 0.15) is 28.9 Å². The van der Waals surface area contributed by atoms with Gasteiger partial charge in [-0.05, 0) is 43.4 Å². The van der Waals surface area contributed by atoms with E-state index in [2.05, 4.69) is 22.0 Å². The van der Waals surface area contributed by atoms with Crippen molar-refractivity contribution >= 4 is 39.4 Å². The molecule has 2 aromatic heterocycles. The molecule has 0 atom stereocenters. The average molecular weight is 457 g/mol. The number of benzene rings is 2. The Morgan fingerprint density at radius 2 is 1.65 bits per heavy atom. The zero-order valence-corrected chi connectivity index (χ0v) is 19.3. The normalized spacial score (nSPS) is 13.6. The maximum atomic E-state index is 13.1. The van der Waals surface area contributed by atoms with E-state index in [0.29, 0.717) is 24.0 Å². The lowest BCUT2D eigenvalue weighted by molar-refractivity contribution is -0.130. The number of nitrogens with zero attached hydrogens (tertiary/aromatic N) is 3. The molecule has 0 aliphatic carbocycles. The van der Waals surface area contributed by atoms with Crippen LogP contribution in [0.15, 0.2) is 60.8 Å². The number of aromatic nitrogens is 2. The third-order valence-corrected chi connectivity index (χ3v) is 6.64. The number of likely N-dealkylation sites (tertiary alicyclic amines) is 1. The number of hydrogen-bond donors (Lipinski definition) is 1. The van der Waals surface area contributed by atoms with Gasteiger partial charge in [0.2, 0.25) is 5.91 Å². The van der Waals surface area contributed by atoms with Crippen LogP contribution >= 0.6 is 0 Å². The van der Waals surface area contributed by atoms with Crippen LogP contribution in [-0.4, -0.2) is 51.3 Å². The molecular weight excluding hydrogens is 428 g/mol. The van der Waals surface area contributed by atoms with Gasteiger partial charge in [-0.3, -0.25) is 14.4 Å². The molecule has 0 saturated carbocycles. The quantitative estimate of drug-likeness (QED) is 0.341. The lowest BCUT2D eigenvalue weighted by Crippen LogP contribution is -2.33. The second-order valence-electron chi connectivity index (χ2n) is 8.86. The van der Waals surface area contributed by atoms with Crippen molar-refractivity contribution < 1.29 is 14.4 Å². The van der Waals surface area contributed by atoms with Crippen LogP contribution in [0.3, 0.4) is 0 Å². The number of rotatable bonds is 7. The first-order valence-electron chi connectivity index (χ1n) is 11.8. The molecule has 174 valence electrons. The molecule has 2 amide bonds. The summed E-state index contributed by atoms with van der Waals surface area (Å²) in [4.78, 5) is 40.4. The molecule has 0 radical (unpaired) electrons. The minimum Gasteiger partial charge on any atom is -0.347 e. The molecule has 0 bridgehead atoms.